The molecule has 0 unspecified atom stereocenters. The van der Waals surface area contributed by atoms with E-state index in [1.807, 2.05) is 30.3 Å². The van der Waals surface area contributed by atoms with Crippen molar-refractivity contribution in [2.24, 2.45) is 5.73 Å². The lowest BCUT2D eigenvalue weighted by Gasteiger charge is -2.29. The fraction of sp³-hybridized carbons (Fsp3) is 0.462. The average Bonchev–Trinajstić information content (AvgIpc) is 2.33. The Hall–Kier alpha value is -1.35. The van der Waals surface area contributed by atoms with Gasteiger partial charge >= 0.3 is 0 Å². The summed E-state index contributed by atoms with van der Waals surface area (Å²) in [6.07, 6.45) is 4.35. The minimum atomic E-state index is -0.0112. The Kier molecular flexibility index (Phi) is 3.57. The van der Waals surface area contributed by atoms with E-state index in [0.29, 0.717) is 5.56 Å². The molecule has 2 atom stereocenters. The number of hydrogen-bond donors (Lipinski definition) is 2. The first-order valence-corrected chi connectivity index (χ1v) is 5.89. The number of hydrogen-bond acceptors (Lipinski definition) is 2. The summed E-state index contributed by atoms with van der Waals surface area (Å²) in [5, 5.41) is 3.02. The molecule has 0 spiro atoms. The summed E-state index contributed by atoms with van der Waals surface area (Å²) in [7, 11) is 0. The molecular formula is C13H18N2O. The third kappa shape index (κ3) is 2.61. The highest BCUT2D eigenvalue weighted by molar-refractivity contribution is 5.94. The molecule has 3 heteroatoms. The Morgan fingerprint density at radius 1 is 1.19 bits per heavy atom. The number of benzene rings is 1. The van der Waals surface area contributed by atoms with Gasteiger partial charge < -0.3 is 11.1 Å². The van der Waals surface area contributed by atoms with E-state index in [1.165, 1.54) is 6.42 Å². The summed E-state index contributed by atoms with van der Waals surface area (Å²) in [6, 6.07) is 9.55. The first-order chi connectivity index (χ1) is 7.77. The lowest BCUT2D eigenvalue weighted by molar-refractivity contribution is 0.0921. The monoisotopic (exact) mass is 218 g/mol. The first-order valence-electron chi connectivity index (χ1n) is 5.89. The highest BCUT2D eigenvalue weighted by Crippen LogP contribution is 2.17. The second kappa shape index (κ2) is 5.12. The molecule has 1 amide bonds. The Bertz CT molecular complexity index is 350. The largest absolute Gasteiger partial charge is 0.348 e. The Morgan fingerprint density at radius 2 is 1.88 bits per heavy atom. The van der Waals surface area contributed by atoms with Gasteiger partial charge in [-0.3, -0.25) is 4.79 Å². The molecule has 0 saturated heterocycles. The SMILES string of the molecule is N[C@H]1CCCC[C@@H]1NC(=O)c1ccccc1. The molecule has 86 valence electrons. The first kappa shape index (κ1) is 11.1. The molecule has 1 fully saturated rings. The molecule has 0 aromatic heterocycles. The summed E-state index contributed by atoms with van der Waals surface area (Å²) in [5.74, 6) is -0.0112. The second-order valence-corrected chi connectivity index (χ2v) is 4.39. The van der Waals surface area contributed by atoms with Gasteiger partial charge in [0.15, 0.2) is 0 Å². The fourth-order valence-electron chi connectivity index (χ4n) is 2.18. The second-order valence-electron chi connectivity index (χ2n) is 4.39. The van der Waals surface area contributed by atoms with Gasteiger partial charge in [-0.15, -0.1) is 0 Å². The maximum absolute atomic E-state index is 11.9. The van der Waals surface area contributed by atoms with Crippen molar-refractivity contribution in [2.45, 2.75) is 37.8 Å². The van der Waals surface area contributed by atoms with Crippen LogP contribution < -0.4 is 11.1 Å². The molecular weight excluding hydrogens is 200 g/mol. The van der Waals surface area contributed by atoms with Crippen molar-refractivity contribution in [1.82, 2.24) is 5.32 Å². The minimum absolute atomic E-state index is 0.0112. The van der Waals surface area contributed by atoms with Gasteiger partial charge in [0, 0.05) is 17.6 Å². The molecule has 1 saturated carbocycles. The molecule has 0 aliphatic heterocycles. The van der Waals surface area contributed by atoms with Gasteiger partial charge in [0.05, 0.1) is 0 Å². The van der Waals surface area contributed by atoms with Crippen LogP contribution in [0.15, 0.2) is 30.3 Å². The standard InChI is InChI=1S/C13H18N2O/c14-11-8-4-5-9-12(11)15-13(16)10-6-2-1-3-7-10/h1-3,6-7,11-12H,4-5,8-9,14H2,(H,15,16)/t11-,12-/m0/s1. The smallest absolute Gasteiger partial charge is 0.251 e. The van der Waals surface area contributed by atoms with E-state index in [9.17, 15) is 4.79 Å². The Labute approximate surface area is 96.0 Å². The van der Waals surface area contributed by atoms with Crippen molar-refractivity contribution in [3.05, 3.63) is 35.9 Å². The zero-order chi connectivity index (χ0) is 11.4. The van der Waals surface area contributed by atoms with Crippen molar-refractivity contribution >= 4 is 5.91 Å². The van der Waals surface area contributed by atoms with Gasteiger partial charge in [-0.25, -0.2) is 0 Å². The highest BCUT2D eigenvalue weighted by atomic mass is 16.1. The molecule has 1 aliphatic carbocycles. The van der Waals surface area contributed by atoms with Crippen LogP contribution in [0.1, 0.15) is 36.0 Å². The van der Waals surface area contributed by atoms with Crippen LogP contribution in [0.4, 0.5) is 0 Å². The zero-order valence-electron chi connectivity index (χ0n) is 9.36. The average molecular weight is 218 g/mol. The van der Waals surface area contributed by atoms with E-state index < -0.39 is 0 Å². The summed E-state index contributed by atoms with van der Waals surface area (Å²) in [5.41, 5.74) is 6.70. The van der Waals surface area contributed by atoms with Crippen LogP contribution in [0.25, 0.3) is 0 Å². The highest BCUT2D eigenvalue weighted by Gasteiger charge is 2.23. The maximum Gasteiger partial charge on any atom is 0.251 e. The van der Waals surface area contributed by atoms with E-state index in [4.69, 9.17) is 5.73 Å². The van der Waals surface area contributed by atoms with E-state index in [-0.39, 0.29) is 18.0 Å². The van der Waals surface area contributed by atoms with Crippen LogP contribution in [-0.2, 0) is 0 Å². The number of rotatable bonds is 2. The Balaban J connectivity index is 1.96. The summed E-state index contributed by atoms with van der Waals surface area (Å²) in [6.45, 7) is 0. The molecule has 3 N–H and O–H groups in total. The van der Waals surface area contributed by atoms with Crippen molar-refractivity contribution < 1.29 is 4.79 Å². The van der Waals surface area contributed by atoms with Gasteiger partial charge in [-0.2, -0.15) is 0 Å². The van der Waals surface area contributed by atoms with Gasteiger partial charge in [0.1, 0.15) is 0 Å². The number of amides is 1. The molecule has 1 aromatic carbocycles. The van der Waals surface area contributed by atoms with Crippen LogP contribution in [0, 0.1) is 0 Å². The number of carbonyl (C=O) groups excluding carboxylic acids is 1. The molecule has 0 heterocycles. The van der Waals surface area contributed by atoms with E-state index in [1.54, 1.807) is 0 Å². The lowest BCUT2D eigenvalue weighted by atomic mass is 9.91. The molecule has 1 aliphatic rings. The fourth-order valence-corrected chi connectivity index (χ4v) is 2.18. The maximum atomic E-state index is 11.9. The minimum Gasteiger partial charge on any atom is -0.348 e. The van der Waals surface area contributed by atoms with Crippen LogP contribution in [0.3, 0.4) is 0 Å². The normalized spacial score (nSPS) is 25.1. The Morgan fingerprint density at radius 3 is 2.56 bits per heavy atom. The third-order valence-electron chi connectivity index (χ3n) is 3.17. The zero-order valence-corrected chi connectivity index (χ0v) is 9.36. The number of nitrogens with one attached hydrogen (secondary N) is 1. The van der Waals surface area contributed by atoms with Gasteiger partial charge in [0.25, 0.3) is 5.91 Å². The molecule has 3 nitrogen and oxygen atoms in total. The van der Waals surface area contributed by atoms with Crippen LogP contribution in [0.5, 0.6) is 0 Å². The van der Waals surface area contributed by atoms with Crippen molar-refractivity contribution in [1.29, 1.82) is 0 Å². The number of carbonyl (C=O) groups is 1. The van der Waals surface area contributed by atoms with Gasteiger partial charge in [0.2, 0.25) is 0 Å². The van der Waals surface area contributed by atoms with E-state index in [2.05, 4.69) is 5.32 Å². The van der Waals surface area contributed by atoms with Crippen LogP contribution >= 0.6 is 0 Å². The van der Waals surface area contributed by atoms with Gasteiger partial charge in [-0.05, 0) is 25.0 Å². The lowest BCUT2D eigenvalue weighted by Crippen LogP contribution is -2.49. The number of nitrogens with two attached hydrogens (primary N) is 1. The van der Waals surface area contributed by atoms with Crippen molar-refractivity contribution in [3.63, 3.8) is 0 Å². The van der Waals surface area contributed by atoms with Gasteiger partial charge in [-0.1, -0.05) is 31.0 Å². The molecule has 0 radical (unpaired) electrons. The molecule has 16 heavy (non-hydrogen) atoms. The van der Waals surface area contributed by atoms with E-state index >= 15 is 0 Å². The van der Waals surface area contributed by atoms with Crippen LogP contribution in [-0.4, -0.2) is 18.0 Å². The van der Waals surface area contributed by atoms with Crippen LogP contribution in [0.2, 0.25) is 0 Å². The van der Waals surface area contributed by atoms with E-state index in [0.717, 1.165) is 19.3 Å². The van der Waals surface area contributed by atoms with Crippen molar-refractivity contribution in [3.8, 4) is 0 Å². The molecule has 1 aromatic rings. The van der Waals surface area contributed by atoms with Crippen molar-refractivity contribution in [2.75, 3.05) is 0 Å². The summed E-state index contributed by atoms with van der Waals surface area (Å²) < 4.78 is 0. The topological polar surface area (TPSA) is 55.1 Å². The quantitative estimate of drug-likeness (QED) is 0.793. The summed E-state index contributed by atoms with van der Waals surface area (Å²) >= 11 is 0. The predicted molar refractivity (Wildman–Crippen MR) is 64.1 cm³/mol. The third-order valence-corrected chi connectivity index (χ3v) is 3.17. The summed E-state index contributed by atoms with van der Waals surface area (Å²) in [4.78, 5) is 11.9. The molecule has 0 bridgehead atoms. The molecule has 2 rings (SSSR count). The predicted octanol–water partition coefficient (Wildman–Crippen LogP) is 1.69.